The van der Waals surface area contributed by atoms with Crippen molar-refractivity contribution < 1.29 is 0 Å². The fraction of sp³-hybridized carbons (Fsp3) is 0.462. The minimum Gasteiger partial charge on any atom is -0.358 e. The molecule has 0 aliphatic carbocycles. The van der Waals surface area contributed by atoms with Gasteiger partial charge in [-0.2, -0.15) is 12.6 Å². The molecule has 1 rings (SSSR count). The van der Waals surface area contributed by atoms with Crippen molar-refractivity contribution in [2.24, 2.45) is 0 Å². The number of nitrogens with zero attached hydrogens (tertiary/aromatic N) is 1. The summed E-state index contributed by atoms with van der Waals surface area (Å²) in [5.41, 5.74) is 0.692. The van der Waals surface area contributed by atoms with Gasteiger partial charge in [0.25, 0.3) is 0 Å². The standard InChI is InChI=1S/C13H19BrN4S2/c1-3-5-11(19)18-13-9(6-8(14)7-17-13)12(16)20-10(15)4-2/h6-7,11,15-16,19H,3-5H2,1-2H3,(H,17,18). The van der Waals surface area contributed by atoms with Gasteiger partial charge in [-0.25, -0.2) is 4.98 Å². The molecule has 1 unspecified atom stereocenters. The fourth-order valence-corrected chi connectivity index (χ4v) is 2.85. The van der Waals surface area contributed by atoms with E-state index in [0.29, 0.717) is 27.9 Å². The molecule has 0 fully saturated rings. The summed E-state index contributed by atoms with van der Waals surface area (Å²) in [6, 6.07) is 1.85. The van der Waals surface area contributed by atoms with E-state index in [9.17, 15) is 0 Å². The molecule has 0 amide bonds. The Morgan fingerprint density at radius 1 is 1.50 bits per heavy atom. The number of thiol groups is 1. The maximum atomic E-state index is 8.14. The quantitative estimate of drug-likeness (QED) is 0.251. The van der Waals surface area contributed by atoms with E-state index in [-0.39, 0.29) is 5.37 Å². The van der Waals surface area contributed by atoms with Gasteiger partial charge in [-0.05, 0) is 34.8 Å². The first kappa shape index (κ1) is 17.5. The Bertz CT molecular complexity index is 493. The van der Waals surface area contributed by atoms with Gasteiger partial charge < -0.3 is 5.32 Å². The number of hydrogen-bond donors (Lipinski definition) is 4. The van der Waals surface area contributed by atoms with Crippen molar-refractivity contribution in [3.05, 3.63) is 22.3 Å². The maximum Gasteiger partial charge on any atom is 0.136 e. The normalized spacial score (nSPS) is 12.0. The molecule has 0 aliphatic rings. The van der Waals surface area contributed by atoms with Crippen LogP contribution in [0.2, 0.25) is 0 Å². The molecule has 0 aromatic carbocycles. The summed E-state index contributed by atoms with van der Waals surface area (Å²) in [4.78, 5) is 4.32. The molecule has 0 bridgehead atoms. The topological polar surface area (TPSA) is 72.6 Å². The first-order chi connectivity index (χ1) is 9.47. The highest BCUT2D eigenvalue weighted by Crippen LogP contribution is 2.25. The van der Waals surface area contributed by atoms with Crippen molar-refractivity contribution in [2.75, 3.05) is 5.32 Å². The predicted octanol–water partition coefficient (Wildman–Crippen LogP) is 4.76. The highest BCUT2D eigenvalue weighted by Gasteiger charge is 2.14. The molecule has 0 spiro atoms. The Labute approximate surface area is 138 Å². The summed E-state index contributed by atoms with van der Waals surface area (Å²) in [6.45, 7) is 4.01. The average Bonchev–Trinajstić information content (AvgIpc) is 2.40. The molecule has 7 heteroatoms. The third-order valence-corrected chi connectivity index (χ3v) is 4.29. The molecule has 0 radical (unpaired) electrons. The largest absolute Gasteiger partial charge is 0.358 e. The molecule has 1 heterocycles. The van der Waals surface area contributed by atoms with Crippen LogP contribution in [0.5, 0.6) is 0 Å². The van der Waals surface area contributed by atoms with Crippen molar-refractivity contribution in [1.29, 1.82) is 10.8 Å². The molecule has 0 saturated carbocycles. The number of halogens is 1. The molecule has 1 atom stereocenters. The van der Waals surface area contributed by atoms with Crippen molar-refractivity contribution in [1.82, 2.24) is 4.98 Å². The second kappa shape index (κ2) is 8.69. The minimum atomic E-state index is 0.0100. The van der Waals surface area contributed by atoms with Gasteiger partial charge in [0.15, 0.2) is 0 Å². The van der Waals surface area contributed by atoms with Crippen LogP contribution in [0.4, 0.5) is 5.82 Å². The summed E-state index contributed by atoms with van der Waals surface area (Å²) in [5, 5.41) is 19.9. The fourth-order valence-electron chi connectivity index (χ4n) is 1.48. The molecule has 20 heavy (non-hydrogen) atoms. The van der Waals surface area contributed by atoms with Crippen LogP contribution in [0, 0.1) is 10.8 Å². The predicted molar refractivity (Wildman–Crippen MR) is 95.7 cm³/mol. The highest BCUT2D eigenvalue weighted by atomic mass is 79.9. The van der Waals surface area contributed by atoms with Crippen molar-refractivity contribution >= 4 is 56.2 Å². The van der Waals surface area contributed by atoms with Crippen LogP contribution in [0.3, 0.4) is 0 Å². The first-order valence-corrected chi connectivity index (χ1v) is 8.54. The highest BCUT2D eigenvalue weighted by molar-refractivity contribution is 9.10. The van der Waals surface area contributed by atoms with E-state index in [1.165, 1.54) is 0 Å². The van der Waals surface area contributed by atoms with E-state index in [1.807, 2.05) is 13.0 Å². The molecular formula is C13H19BrN4S2. The number of pyridine rings is 1. The summed E-state index contributed by atoms with van der Waals surface area (Å²) in [6.07, 6.45) is 4.27. The van der Waals surface area contributed by atoms with Crippen molar-refractivity contribution in [3.63, 3.8) is 0 Å². The van der Waals surface area contributed by atoms with Crippen LogP contribution in [-0.2, 0) is 0 Å². The number of anilines is 1. The van der Waals surface area contributed by atoms with E-state index < -0.39 is 0 Å². The number of aromatic nitrogens is 1. The Balaban J connectivity index is 2.95. The monoisotopic (exact) mass is 374 g/mol. The van der Waals surface area contributed by atoms with Crippen molar-refractivity contribution in [3.8, 4) is 0 Å². The van der Waals surface area contributed by atoms with E-state index in [4.69, 9.17) is 10.8 Å². The zero-order valence-electron chi connectivity index (χ0n) is 11.5. The van der Waals surface area contributed by atoms with E-state index in [1.54, 1.807) is 6.20 Å². The number of nitrogens with one attached hydrogen (secondary N) is 3. The third kappa shape index (κ3) is 5.46. The lowest BCUT2D eigenvalue weighted by Gasteiger charge is -2.16. The molecule has 4 nitrogen and oxygen atoms in total. The zero-order valence-corrected chi connectivity index (χ0v) is 14.8. The summed E-state index contributed by atoms with van der Waals surface area (Å²) in [7, 11) is 0. The van der Waals surface area contributed by atoms with Gasteiger partial charge in [-0.3, -0.25) is 10.8 Å². The van der Waals surface area contributed by atoms with Crippen LogP contribution < -0.4 is 5.32 Å². The molecule has 110 valence electrons. The SMILES string of the molecule is CCCC(S)Nc1ncc(Br)cc1C(=N)SC(=N)CC. The Morgan fingerprint density at radius 2 is 2.20 bits per heavy atom. The second-order valence-electron chi connectivity index (χ2n) is 4.21. The number of thioether (sulfide) groups is 1. The molecule has 0 saturated heterocycles. The summed E-state index contributed by atoms with van der Waals surface area (Å²) < 4.78 is 0.817. The van der Waals surface area contributed by atoms with Crippen LogP contribution in [0.25, 0.3) is 0 Å². The van der Waals surface area contributed by atoms with Gasteiger partial charge in [0.2, 0.25) is 0 Å². The van der Waals surface area contributed by atoms with Crippen LogP contribution in [0.1, 0.15) is 38.7 Å². The molecule has 0 aliphatic heterocycles. The number of rotatable bonds is 6. The van der Waals surface area contributed by atoms with Crippen LogP contribution in [-0.4, -0.2) is 20.4 Å². The first-order valence-electron chi connectivity index (χ1n) is 6.42. The Kier molecular flexibility index (Phi) is 7.61. The van der Waals surface area contributed by atoms with Gasteiger partial charge in [0.1, 0.15) is 10.9 Å². The summed E-state index contributed by atoms with van der Waals surface area (Å²) in [5.74, 6) is 0.642. The lowest BCUT2D eigenvalue weighted by atomic mass is 10.2. The minimum absolute atomic E-state index is 0.0100. The molecular weight excluding hydrogens is 356 g/mol. The molecule has 1 aromatic rings. The lowest BCUT2D eigenvalue weighted by molar-refractivity contribution is 0.796. The maximum absolute atomic E-state index is 8.14. The van der Waals surface area contributed by atoms with Crippen LogP contribution in [0.15, 0.2) is 16.7 Å². The van der Waals surface area contributed by atoms with E-state index >= 15 is 0 Å². The van der Waals surface area contributed by atoms with Crippen molar-refractivity contribution in [2.45, 2.75) is 38.5 Å². The summed E-state index contributed by atoms with van der Waals surface area (Å²) >= 11 is 9.00. The second-order valence-corrected chi connectivity index (χ2v) is 6.85. The van der Waals surface area contributed by atoms with Crippen LogP contribution >= 0.6 is 40.3 Å². The average molecular weight is 375 g/mol. The molecule has 1 aromatic heterocycles. The van der Waals surface area contributed by atoms with Gasteiger partial charge in [-0.15, -0.1) is 0 Å². The smallest absolute Gasteiger partial charge is 0.136 e. The Morgan fingerprint density at radius 3 is 2.80 bits per heavy atom. The van der Waals surface area contributed by atoms with Gasteiger partial charge in [0, 0.05) is 16.2 Å². The van der Waals surface area contributed by atoms with Gasteiger partial charge >= 0.3 is 0 Å². The third-order valence-electron chi connectivity index (χ3n) is 2.51. The van der Waals surface area contributed by atoms with E-state index in [0.717, 1.165) is 29.1 Å². The van der Waals surface area contributed by atoms with E-state index in [2.05, 4.69) is 45.8 Å². The Hall–Kier alpha value is -0.530. The number of hydrogen-bond acceptors (Lipinski definition) is 6. The molecule has 3 N–H and O–H groups in total. The zero-order chi connectivity index (χ0) is 15.1. The van der Waals surface area contributed by atoms with Gasteiger partial charge in [0.05, 0.1) is 10.4 Å². The lowest BCUT2D eigenvalue weighted by Crippen LogP contribution is -2.16. The van der Waals surface area contributed by atoms with Gasteiger partial charge in [-0.1, -0.05) is 32.0 Å².